The topological polar surface area (TPSA) is 20.3 Å². The number of nitrogens with zero attached hydrogens (tertiary/aromatic N) is 1. The normalized spacial score (nSPS) is 11.9. The first-order chi connectivity index (χ1) is 9.24. The van der Waals surface area contributed by atoms with Crippen molar-refractivity contribution in [3.8, 4) is 0 Å². The highest BCUT2D eigenvalue weighted by Gasteiger charge is 2.23. The molecule has 3 heteroatoms. The Labute approximate surface area is 122 Å². The number of amides is 1. The van der Waals surface area contributed by atoms with Crippen molar-refractivity contribution in [3.63, 3.8) is 0 Å². The van der Waals surface area contributed by atoms with E-state index in [-0.39, 0.29) is 10.7 Å². The van der Waals surface area contributed by atoms with E-state index in [0.717, 1.165) is 17.8 Å². The first-order valence-electron chi connectivity index (χ1n) is 6.32. The van der Waals surface area contributed by atoms with Crippen LogP contribution in [-0.4, -0.2) is 10.7 Å². The molecule has 0 saturated carbocycles. The summed E-state index contributed by atoms with van der Waals surface area (Å²) < 4.78 is 0. The molecule has 0 aliphatic carbocycles. The quantitative estimate of drug-likeness (QED) is 0.759. The average Bonchev–Trinajstić information content (AvgIpc) is 2.49. The van der Waals surface area contributed by atoms with Gasteiger partial charge in [-0.3, -0.25) is 9.69 Å². The van der Waals surface area contributed by atoms with E-state index in [9.17, 15) is 4.79 Å². The Balaban J connectivity index is 2.43. The van der Waals surface area contributed by atoms with Crippen molar-refractivity contribution in [3.05, 3.63) is 60.7 Å². The Bertz CT molecular complexity index is 487. The minimum atomic E-state index is -0.173. The Morgan fingerprint density at radius 1 is 1.00 bits per heavy atom. The van der Waals surface area contributed by atoms with E-state index >= 15 is 0 Å². The summed E-state index contributed by atoms with van der Waals surface area (Å²) in [5.41, 5.74) is 1.77. The maximum absolute atomic E-state index is 12.6. The van der Waals surface area contributed by atoms with Crippen LogP contribution in [0.5, 0.6) is 0 Å². The van der Waals surface area contributed by atoms with E-state index < -0.39 is 0 Å². The SMILES string of the molecule is CC[C@H](Br)C(=O)N(c1ccccc1)c1ccccc1. The van der Waals surface area contributed by atoms with Gasteiger partial charge in [0.15, 0.2) is 0 Å². The number of benzene rings is 2. The van der Waals surface area contributed by atoms with E-state index in [4.69, 9.17) is 0 Å². The van der Waals surface area contributed by atoms with Gasteiger partial charge >= 0.3 is 0 Å². The fourth-order valence-electron chi connectivity index (χ4n) is 1.87. The largest absolute Gasteiger partial charge is 0.280 e. The van der Waals surface area contributed by atoms with Crippen LogP contribution >= 0.6 is 15.9 Å². The Morgan fingerprint density at radius 2 is 1.42 bits per heavy atom. The minimum Gasteiger partial charge on any atom is -0.280 e. The van der Waals surface area contributed by atoms with Crippen LogP contribution in [0.25, 0.3) is 0 Å². The van der Waals surface area contributed by atoms with Gasteiger partial charge in [-0.15, -0.1) is 0 Å². The second-order valence-corrected chi connectivity index (χ2v) is 5.33. The zero-order chi connectivity index (χ0) is 13.7. The molecule has 1 atom stereocenters. The fourth-order valence-corrected chi connectivity index (χ4v) is 2.08. The van der Waals surface area contributed by atoms with Gasteiger partial charge in [0, 0.05) is 11.4 Å². The third-order valence-electron chi connectivity index (χ3n) is 2.88. The van der Waals surface area contributed by atoms with E-state index in [1.54, 1.807) is 4.90 Å². The zero-order valence-electron chi connectivity index (χ0n) is 10.8. The van der Waals surface area contributed by atoms with Crippen molar-refractivity contribution < 1.29 is 4.79 Å². The summed E-state index contributed by atoms with van der Waals surface area (Å²) in [6.45, 7) is 1.99. The van der Waals surface area contributed by atoms with Gasteiger partial charge in [0.05, 0.1) is 4.83 Å². The van der Waals surface area contributed by atoms with Crippen LogP contribution in [0.15, 0.2) is 60.7 Å². The zero-order valence-corrected chi connectivity index (χ0v) is 12.4. The summed E-state index contributed by atoms with van der Waals surface area (Å²) in [6, 6.07) is 19.4. The Kier molecular flexibility index (Phi) is 4.74. The molecule has 0 spiro atoms. The highest BCUT2D eigenvalue weighted by Crippen LogP contribution is 2.27. The van der Waals surface area contributed by atoms with Crippen molar-refractivity contribution in [1.29, 1.82) is 0 Å². The van der Waals surface area contributed by atoms with Gasteiger partial charge < -0.3 is 0 Å². The standard InChI is InChI=1S/C16H16BrNO/c1-2-15(17)16(19)18(13-9-5-3-6-10-13)14-11-7-4-8-12-14/h3-12,15H,2H2,1H3/t15-/m0/s1. The molecular weight excluding hydrogens is 302 g/mol. The lowest BCUT2D eigenvalue weighted by molar-refractivity contribution is -0.117. The van der Waals surface area contributed by atoms with Gasteiger partial charge in [-0.1, -0.05) is 59.3 Å². The monoisotopic (exact) mass is 317 g/mol. The third kappa shape index (κ3) is 3.24. The lowest BCUT2D eigenvalue weighted by Gasteiger charge is -2.25. The summed E-state index contributed by atoms with van der Waals surface area (Å²) in [7, 11) is 0. The highest BCUT2D eigenvalue weighted by atomic mass is 79.9. The van der Waals surface area contributed by atoms with Gasteiger partial charge in [0.2, 0.25) is 5.91 Å². The number of carbonyl (C=O) groups is 1. The molecular formula is C16H16BrNO. The van der Waals surface area contributed by atoms with Crippen LogP contribution in [0, 0.1) is 0 Å². The lowest BCUT2D eigenvalue weighted by Crippen LogP contribution is -2.32. The predicted octanol–water partition coefficient (Wildman–Crippen LogP) is 4.52. The van der Waals surface area contributed by atoms with Crippen LogP contribution in [0.3, 0.4) is 0 Å². The number of rotatable bonds is 4. The third-order valence-corrected chi connectivity index (χ3v) is 3.91. The van der Waals surface area contributed by atoms with E-state index in [1.165, 1.54) is 0 Å². The molecule has 0 heterocycles. The lowest BCUT2D eigenvalue weighted by atomic mass is 10.2. The Hall–Kier alpha value is -1.61. The van der Waals surface area contributed by atoms with Gasteiger partial charge in [0.1, 0.15) is 0 Å². The van der Waals surface area contributed by atoms with E-state index in [1.807, 2.05) is 67.6 Å². The van der Waals surface area contributed by atoms with Crippen LogP contribution in [-0.2, 0) is 4.79 Å². The first kappa shape index (κ1) is 13.8. The van der Waals surface area contributed by atoms with Crippen molar-refractivity contribution >= 4 is 33.2 Å². The second-order valence-electron chi connectivity index (χ2n) is 4.22. The first-order valence-corrected chi connectivity index (χ1v) is 7.23. The molecule has 0 fully saturated rings. The smallest absolute Gasteiger partial charge is 0.245 e. The molecule has 0 aromatic heterocycles. The van der Waals surface area contributed by atoms with Gasteiger partial charge in [-0.25, -0.2) is 0 Å². The maximum atomic E-state index is 12.6. The molecule has 0 aliphatic heterocycles. The summed E-state index contributed by atoms with van der Waals surface area (Å²) in [5, 5.41) is 0. The molecule has 2 aromatic carbocycles. The molecule has 0 radical (unpaired) electrons. The second kappa shape index (κ2) is 6.53. The summed E-state index contributed by atoms with van der Waals surface area (Å²) in [6.07, 6.45) is 0.759. The summed E-state index contributed by atoms with van der Waals surface area (Å²) in [4.78, 5) is 14.1. The van der Waals surface area contributed by atoms with Crippen molar-refractivity contribution in [2.75, 3.05) is 4.90 Å². The molecule has 0 unspecified atom stereocenters. The molecule has 0 bridgehead atoms. The number of hydrogen-bond acceptors (Lipinski definition) is 1. The fraction of sp³-hybridized carbons (Fsp3) is 0.188. The van der Waals surface area contributed by atoms with E-state index in [0.29, 0.717) is 0 Å². The minimum absolute atomic E-state index is 0.0555. The molecule has 0 aliphatic rings. The van der Waals surface area contributed by atoms with Crippen molar-refractivity contribution in [1.82, 2.24) is 0 Å². The van der Waals surface area contributed by atoms with Crippen LogP contribution in [0.4, 0.5) is 11.4 Å². The molecule has 1 amide bonds. The Morgan fingerprint density at radius 3 is 1.79 bits per heavy atom. The number of alkyl halides is 1. The van der Waals surface area contributed by atoms with Crippen molar-refractivity contribution in [2.45, 2.75) is 18.2 Å². The molecule has 2 nitrogen and oxygen atoms in total. The molecule has 2 rings (SSSR count). The molecule has 2 aromatic rings. The maximum Gasteiger partial charge on any atom is 0.245 e. The number of hydrogen-bond donors (Lipinski definition) is 0. The van der Waals surface area contributed by atoms with Crippen LogP contribution in [0.2, 0.25) is 0 Å². The number of carbonyl (C=O) groups excluding carboxylic acids is 1. The number of para-hydroxylation sites is 2. The van der Waals surface area contributed by atoms with Gasteiger partial charge in [-0.2, -0.15) is 0 Å². The van der Waals surface area contributed by atoms with Gasteiger partial charge in [-0.05, 0) is 30.7 Å². The molecule has 0 N–H and O–H groups in total. The van der Waals surface area contributed by atoms with Crippen LogP contribution in [0.1, 0.15) is 13.3 Å². The summed E-state index contributed by atoms with van der Waals surface area (Å²) in [5.74, 6) is 0.0555. The molecule has 98 valence electrons. The van der Waals surface area contributed by atoms with Gasteiger partial charge in [0.25, 0.3) is 0 Å². The summed E-state index contributed by atoms with van der Waals surface area (Å²) >= 11 is 3.45. The molecule has 19 heavy (non-hydrogen) atoms. The average molecular weight is 318 g/mol. The van der Waals surface area contributed by atoms with Crippen molar-refractivity contribution in [2.24, 2.45) is 0 Å². The number of halogens is 1. The van der Waals surface area contributed by atoms with E-state index in [2.05, 4.69) is 15.9 Å². The number of anilines is 2. The van der Waals surface area contributed by atoms with Crippen LogP contribution < -0.4 is 4.90 Å². The predicted molar refractivity (Wildman–Crippen MR) is 83.0 cm³/mol. The highest BCUT2D eigenvalue weighted by molar-refractivity contribution is 9.10. The molecule has 0 saturated heterocycles.